The molecule has 27 heavy (non-hydrogen) atoms. The lowest BCUT2D eigenvalue weighted by atomic mass is 9.72. The molecule has 1 unspecified atom stereocenters. The second kappa shape index (κ2) is 11.4. The first-order valence-corrected chi connectivity index (χ1v) is 10.6. The van der Waals surface area contributed by atoms with E-state index >= 15 is 0 Å². The normalized spacial score (nSPS) is 22.0. The van der Waals surface area contributed by atoms with E-state index in [4.69, 9.17) is 0 Å². The monoisotopic (exact) mass is 480 g/mol. The summed E-state index contributed by atoms with van der Waals surface area (Å²) in [6.45, 7) is 3.26. The van der Waals surface area contributed by atoms with Gasteiger partial charge in [-0.05, 0) is 70.6 Å². The predicted molar refractivity (Wildman–Crippen MR) is 123 cm³/mol. The first-order valence-electron chi connectivity index (χ1n) is 9.84. The van der Waals surface area contributed by atoms with Crippen molar-refractivity contribution in [1.82, 2.24) is 9.80 Å². The molecule has 1 aromatic carbocycles. The summed E-state index contributed by atoms with van der Waals surface area (Å²) in [5, 5.41) is 11.5. The quantitative estimate of drug-likeness (QED) is 0.633. The Morgan fingerprint density at radius 1 is 1.15 bits per heavy atom. The standard InChI is InChI=1S/C21H33BrN2O.2ClH/c1-23(2)19-9-13-24(14-10-19)16-20(17-7-6-8-18(22)15-17)21(25)11-4-3-5-12-21;;/h6-8,15,19-20,25H,3-5,9-14,16H2,1-2H3;2*1H. The van der Waals surface area contributed by atoms with Crippen LogP contribution in [0.3, 0.4) is 0 Å². The molecule has 1 aliphatic carbocycles. The van der Waals surface area contributed by atoms with Crippen molar-refractivity contribution >= 4 is 40.7 Å². The molecule has 1 aromatic rings. The molecule has 156 valence electrons. The second-order valence-corrected chi connectivity index (χ2v) is 9.18. The van der Waals surface area contributed by atoms with Crippen molar-refractivity contribution in [3.63, 3.8) is 0 Å². The second-order valence-electron chi connectivity index (χ2n) is 8.27. The molecule has 0 amide bonds. The van der Waals surface area contributed by atoms with Crippen molar-refractivity contribution in [1.29, 1.82) is 0 Å². The molecule has 0 bridgehead atoms. The minimum Gasteiger partial charge on any atom is -0.389 e. The third kappa shape index (κ3) is 6.58. The average molecular weight is 482 g/mol. The lowest BCUT2D eigenvalue weighted by molar-refractivity contribution is -0.0335. The van der Waals surface area contributed by atoms with Crippen molar-refractivity contribution in [3.8, 4) is 0 Å². The van der Waals surface area contributed by atoms with Crippen LogP contribution in [0, 0.1) is 0 Å². The van der Waals surface area contributed by atoms with Crippen LogP contribution in [0.25, 0.3) is 0 Å². The minimum absolute atomic E-state index is 0. The van der Waals surface area contributed by atoms with Crippen molar-refractivity contribution < 1.29 is 5.11 Å². The van der Waals surface area contributed by atoms with Crippen LogP contribution >= 0.6 is 40.7 Å². The van der Waals surface area contributed by atoms with Crippen LogP contribution in [0.5, 0.6) is 0 Å². The van der Waals surface area contributed by atoms with Crippen molar-refractivity contribution in [2.24, 2.45) is 0 Å². The number of rotatable bonds is 5. The first kappa shape index (κ1) is 25.2. The summed E-state index contributed by atoms with van der Waals surface area (Å²) < 4.78 is 1.11. The zero-order chi connectivity index (χ0) is 17.9. The van der Waals surface area contributed by atoms with E-state index in [1.54, 1.807) is 0 Å². The van der Waals surface area contributed by atoms with E-state index in [-0.39, 0.29) is 30.7 Å². The van der Waals surface area contributed by atoms with E-state index in [0.717, 1.165) is 49.8 Å². The first-order chi connectivity index (χ1) is 12.0. The van der Waals surface area contributed by atoms with Gasteiger partial charge in [0, 0.05) is 23.0 Å². The van der Waals surface area contributed by atoms with Crippen molar-refractivity contribution in [3.05, 3.63) is 34.3 Å². The van der Waals surface area contributed by atoms with Crippen LogP contribution in [0.1, 0.15) is 56.4 Å². The lowest BCUT2D eigenvalue weighted by Crippen LogP contribution is -2.48. The van der Waals surface area contributed by atoms with Gasteiger partial charge < -0.3 is 14.9 Å². The van der Waals surface area contributed by atoms with E-state index in [1.165, 1.54) is 24.8 Å². The van der Waals surface area contributed by atoms with Gasteiger partial charge in [0.15, 0.2) is 0 Å². The molecule has 2 aliphatic rings. The Hall–Kier alpha value is 0.160. The molecule has 1 aliphatic heterocycles. The summed E-state index contributed by atoms with van der Waals surface area (Å²) in [6.07, 6.45) is 7.93. The fourth-order valence-corrected chi connectivity index (χ4v) is 5.11. The molecule has 3 nitrogen and oxygen atoms in total. The van der Waals surface area contributed by atoms with E-state index < -0.39 is 5.60 Å². The number of hydrogen-bond donors (Lipinski definition) is 1. The summed E-state index contributed by atoms with van der Waals surface area (Å²) in [7, 11) is 4.38. The number of likely N-dealkylation sites (tertiary alicyclic amines) is 1. The largest absolute Gasteiger partial charge is 0.389 e. The lowest BCUT2D eigenvalue weighted by Gasteiger charge is -2.43. The molecule has 2 fully saturated rings. The molecule has 1 atom stereocenters. The third-order valence-electron chi connectivity index (χ3n) is 6.35. The van der Waals surface area contributed by atoms with Crippen LogP contribution in [0.2, 0.25) is 0 Å². The minimum atomic E-state index is -0.544. The molecular formula is C21H35BrCl2N2O. The van der Waals surface area contributed by atoms with Gasteiger partial charge >= 0.3 is 0 Å². The van der Waals surface area contributed by atoms with Crippen LogP contribution in [-0.2, 0) is 0 Å². The molecular weight excluding hydrogens is 447 g/mol. The topological polar surface area (TPSA) is 26.7 Å². The fourth-order valence-electron chi connectivity index (χ4n) is 4.70. The molecule has 0 spiro atoms. The molecule has 1 N–H and O–H groups in total. The Morgan fingerprint density at radius 3 is 2.33 bits per heavy atom. The van der Waals surface area contributed by atoms with Gasteiger partial charge in [0.05, 0.1) is 5.60 Å². The Bertz CT molecular complexity index is 559. The van der Waals surface area contributed by atoms with Crippen LogP contribution in [-0.4, -0.2) is 60.3 Å². The van der Waals surface area contributed by atoms with Gasteiger partial charge in [-0.1, -0.05) is 47.3 Å². The average Bonchev–Trinajstić information content (AvgIpc) is 2.60. The summed E-state index contributed by atoms with van der Waals surface area (Å²) in [5.74, 6) is 0.209. The molecule has 3 rings (SSSR count). The van der Waals surface area contributed by atoms with Gasteiger partial charge in [-0.25, -0.2) is 0 Å². The van der Waals surface area contributed by atoms with Gasteiger partial charge in [-0.2, -0.15) is 0 Å². The maximum atomic E-state index is 11.5. The van der Waals surface area contributed by atoms with Crippen molar-refractivity contribution in [2.75, 3.05) is 33.7 Å². The Morgan fingerprint density at radius 2 is 1.78 bits per heavy atom. The smallest absolute Gasteiger partial charge is 0.0728 e. The highest BCUT2D eigenvalue weighted by Gasteiger charge is 2.40. The summed E-state index contributed by atoms with van der Waals surface area (Å²) in [4.78, 5) is 4.94. The summed E-state index contributed by atoms with van der Waals surface area (Å²) in [5.41, 5.74) is 0.741. The van der Waals surface area contributed by atoms with Gasteiger partial charge in [-0.3, -0.25) is 0 Å². The molecule has 1 saturated carbocycles. The maximum absolute atomic E-state index is 11.5. The Kier molecular flexibility index (Phi) is 10.6. The zero-order valence-electron chi connectivity index (χ0n) is 16.6. The van der Waals surface area contributed by atoms with Crippen LogP contribution < -0.4 is 0 Å². The number of piperidine rings is 1. The highest BCUT2D eigenvalue weighted by atomic mass is 79.9. The number of aliphatic hydroxyl groups is 1. The number of hydrogen-bond acceptors (Lipinski definition) is 3. The molecule has 0 radical (unpaired) electrons. The number of halogens is 3. The fraction of sp³-hybridized carbons (Fsp3) is 0.714. The number of nitrogens with zero attached hydrogens (tertiary/aromatic N) is 2. The van der Waals surface area contributed by atoms with E-state index in [9.17, 15) is 5.11 Å². The SMILES string of the molecule is CN(C)C1CCN(CC(c2cccc(Br)c2)C2(O)CCCCC2)CC1.Cl.Cl. The summed E-state index contributed by atoms with van der Waals surface area (Å²) >= 11 is 3.62. The van der Waals surface area contributed by atoms with Gasteiger partial charge in [0.25, 0.3) is 0 Å². The zero-order valence-corrected chi connectivity index (χ0v) is 19.8. The van der Waals surface area contributed by atoms with Crippen LogP contribution in [0.15, 0.2) is 28.7 Å². The number of benzene rings is 1. The maximum Gasteiger partial charge on any atom is 0.0728 e. The van der Waals surface area contributed by atoms with Gasteiger partial charge in [0.1, 0.15) is 0 Å². The van der Waals surface area contributed by atoms with Gasteiger partial charge in [0.2, 0.25) is 0 Å². The Balaban J connectivity index is 0.00000182. The van der Waals surface area contributed by atoms with Gasteiger partial charge in [-0.15, -0.1) is 24.8 Å². The molecule has 1 saturated heterocycles. The predicted octanol–water partition coefficient (Wildman–Crippen LogP) is 5.10. The molecule has 1 heterocycles. The molecule has 6 heteroatoms. The third-order valence-corrected chi connectivity index (χ3v) is 6.84. The van der Waals surface area contributed by atoms with E-state index in [1.807, 2.05) is 0 Å². The van der Waals surface area contributed by atoms with E-state index in [0.29, 0.717) is 6.04 Å². The summed E-state index contributed by atoms with van der Waals surface area (Å²) in [6, 6.07) is 9.31. The molecule has 0 aromatic heterocycles. The van der Waals surface area contributed by atoms with Crippen LogP contribution in [0.4, 0.5) is 0 Å². The highest BCUT2D eigenvalue weighted by molar-refractivity contribution is 9.10. The highest BCUT2D eigenvalue weighted by Crippen LogP contribution is 2.41. The van der Waals surface area contributed by atoms with Crippen molar-refractivity contribution in [2.45, 2.75) is 62.5 Å². The van der Waals surface area contributed by atoms with E-state index in [2.05, 4.69) is 64.1 Å². The Labute approximate surface area is 185 Å².